The summed E-state index contributed by atoms with van der Waals surface area (Å²) >= 11 is 0. The molecule has 126 valence electrons. The quantitative estimate of drug-likeness (QED) is 0.745. The zero-order valence-corrected chi connectivity index (χ0v) is 13.7. The highest BCUT2D eigenvalue weighted by Gasteiger charge is 2.06. The van der Waals surface area contributed by atoms with Crippen LogP contribution < -0.4 is 14.8 Å². The van der Waals surface area contributed by atoms with Gasteiger partial charge in [0.1, 0.15) is 11.5 Å². The molecule has 0 fully saturated rings. The smallest absolute Gasteiger partial charge is 0.322 e. The van der Waals surface area contributed by atoms with E-state index in [1.54, 1.807) is 6.07 Å². The molecular weight excluding hydrogens is 318 g/mol. The van der Waals surface area contributed by atoms with E-state index in [1.165, 1.54) is 12.4 Å². The van der Waals surface area contributed by atoms with Gasteiger partial charge >= 0.3 is 6.01 Å². The van der Waals surface area contributed by atoms with E-state index in [1.807, 2.05) is 55.5 Å². The highest BCUT2D eigenvalue weighted by molar-refractivity contribution is 5.91. The Morgan fingerprint density at radius 1 is 1.00 bits per heavy atom. The van der Waals surface area contributed by atoms with E-state index < -0.39 is 0 Å². The molecule has 1 heterocycles. The summed E-state index contributed by atoms with van der Waals surface area (Å²) in [6.07, 6.45) is 2.96. The Bertz CT molecular complexity index is 836. The third-order valence-electron chi connectivity index (χ3n) is 3.22. The van der Waals surface area contributed by atoms with Crippen molar-refractivity contribution in [3.63, 3.8) is 0 Å². The van der Waals surface area contributed by atoms with Crippen LogP contribution in [-0.4, -0.2) is 22.5 Å². The number of hydrogen-bond donors (Lipinski definition) is 1. The van der Waals surface area contributed by atoms with Crippen molar-refractivity contribution >= 4 is 11.6 Å². The number of nitrogens with zero attached hydrogens (tertiary/aromatic N) is 2. The van der Waals surface area contributed by atoms with Crippen LogP contribution in [0.4, 0.5) is 5.69 Å². The van der Waals surface area contributed by atoms with Gasteiger partial charge in [0.05, 0.1) is 18.1 Å². The molecule has 6 nitrogen and oxygen atoms in total. The Morgan fingerprint density at radius 3 is 2.44 bits per heavy atom. The monoisotopic (exact) mass is 335 g/mol. The van der Waals surface area contributed by atoms with Gasteiger partial charge in [-0.3, -0.25) is 4.79 Å². The van der Waals surface area contributed by atoms with Crippen LogP contribution in [0.5, 0.6) is 17.5 Å². The van der Waals surface area contributed by atoms with Crippen molar-refractivity contribution in [3.8, 4) is 17.5 Å². The van der Waals surface area contributed by atoms with Gasteiger partial charge < -0.3 is 14.8 Å². The summed E-state index contributed by atoms with van der Waals surface area (Å²) in [5.74, 6) is 1.01. The highest BCUT2D eigenvalue weighted by Crippen LogP contribution is 2.17. The molecule has 0 spiro atoms. The average Bonchev–Trinajstić information content (AvgIpc) is 2.63. The Labute approximate surface area is 145 Å². The van der Waals surface area contributed by atoms with E-state index >= 15 is 0 Å². The number of nitrogens with one attached hydrogen (secondary N) is 1. The summed E-state index contributed by atoms with van der Waals surface area (Å²) in [5.41, 5.74) is 1.54. The van der Waals surface area contributed by atoms with Gasteiger partial charge in [0.2, 0.25) is 0 Å². The Hall–Kier alpha value is -3.41. The molecule has 3 rings (SSSR count). The first-order valence-electron chi connectivity index (χ1n) is 7.73. The van der Waals surface area contributed by atoms with Gasteiger partial charge in [-0.15, -0.1) is 0 Å². The number of benzene rings is 2. The van der Waals surface area contributed by atoms with Crippen molar-refractivity contribution in [2.45, 2.75) is 6.92 Å². The molecule has 6 heteroatoms. The van der Waals surface area contributed by atoms with Crippen LogP contribution in [0.15, 0.2) is 67.0 Å². The summed E-state index contributed by atoms with van der Waals surface area (Å²) < 4.78 is 10.9. The maximum absolute atomic E-state index is 11.9. The number of anilines is 1. The minimum atomic E-state index is -0.290. The maximum atomic E-state index is 11.9. The standard InChI is InChI=1S/C19H17N3O3/c1-14-6-5-9-17(10-14)24-13-18(23)22-15-11-20-19(21-12-15)25-16-7-3-2-4-8-16/h2-12H,13H2,1H3,(H,22,23). The van der Waals surface area contributed by atoms with Gasteiger partial charge in [-0.2, -0.15) is 0 Å². The number of ether oxygens (including phenoxy) is 2. The molecule has 0 unspecified atom stereocenters. The van der Waals surface area contributed by atoms with Crippen molar-refractivity contribution in [1.29, 1.82) is 0 Å². The normalized spacial score (nSPS) is 10.1. The number of amides is 1. The second-order valence-corrected chi connectivity index (χ2v) is 5.32. The average molecular weight is 335 g/mol. The van der Waals surface area contributed by atoms with Crippen molar-refractivity contribution in [3.05, 3.63) is 72.6 Å². The topological polar surface area (TPSA) is 73.3 Å². The molecule has 0 aliphatic carbocycles. The van der Waals surface area contributed by atoms with Crippen LogP contribution >= 0.6 is 0 Å². The van der Waals surface area contributed by atoms with E-state index in [2.05, 4.69) is 15.3 Å². The van der Waals surface area contributed by atoms with Gasteiger partial charge in [0, 0.05) is 0 Å². The lowest BCUT2D eigenvalue weighted by molar-refractivity contribution is -0.118. The molecule has 2 aromatic carbocycles. The minimum absolute atomic E-state index is 0.0915. The molecule has 25 heavy (non-hydrogen) atoms. The number of aromatic nitrogens is 2. The van der Waals surface area contributed by atoms with E-state index in [-0.39, 0.29) is 18.5 Å². The summed E-state index contributed by atoms with van der Waals surface area (Å²) in [6, 6.07) is 16.9. The zero-order valence-electron chi connectivity index (χ0n) is 13.7. The fourth-order valence-electron chi connectivity index (χ4n) is 2.08. The first kappa shape index (κ1) is 16.4. The van der Waals surface area contributed by atoms with Crippen molar-refractivity contribution in [2.24, 2.45) is 0 Å². The predicted octanol–water partition coefficient (Wildman–Crippen LogP) is 3.59. The Kier molecular flexibility index (Phi) is 5.21. The number of carbonyl (C=O) groups excluding carboxylic acids is 1. The van der Waals surface area contributed by atoms with E-state index in [4.69, 9.17) is 9.47 Å². The number of carbonyl (C=O) groups is 1. The minimum Gasteiger partial charge on any atom is -0.484 e. The Morgan fingerprint density at radius 2 is 1.72 bits per heavy atom. The predicted molar refractivity (Wildman–Crippen MR) is 93.9 cm³/mol. The molecule has 0 atom stereocenters. The lowest BCUT2D eigenvalue weighted by Crippen LogP contribution is -2.20. The molecule has 1 aromatic heterocycles. The lowest BCUT2D eigenvalue weighted by atomic mass is 10.2. The molecule has 0 saturated heterocycles. The van der Waals surface area contributed by atoms with Crippen molar-refractivity contribution < 1.29 is 14.3 Å². The molecule has 1 N–H and O–H groups in total. The number of rotatable bonds is 6. The summed E-state index contributed by atoms with van der Waals surface area (Å²) in [5, 5.41) is 2.67. The number of hydrogen-bond acceptors (Lipinski definition) is 5. The molecule has 0 radical (unpaired) electrons. The summed E-state index contributed by atoms with van der Waals surface area (Å²) in [6.45, 7) is 1.87. The molecular formula is C19H17N3O3. The van der Waals surface area contributed by atoms with Gasteiger partial charge in [-0.25, -0.2) is 9.97 Å². The lowest BCUT2D eigenvalue weighted by Gasteiger charge is -2.08. The molecule has 0 aliphatic rings. The second kappa shape index (κ2) is 7.92. The van der Waals surface area contributed by atoms with Crippen LogP contribution in [0.2, 0.25) is 0 Å². The molecule has 0 saturated carbocycles. The highest BCUT2D eigenvalue weighted by atomic mass is 16.5. The van der Waals surface area contributed by atoms with Crippen LogP contribution in [0.25, 0.3) is 0 Å². The number of para-hydroxylation sites is 1. The second-order valence-electron chi connectivity index (χ2n) is 5.32. The maximum Gasteiger partial charge on any atom is 0.322 e. The van der Waals surface area contributed by atoms with Crippen molar-refractivity contribution in [2.75, 3.05) is 11.9 Å². The first-order valence-corrected chi connectivity index (χ1v) is 7.73. The third kappa shape index (κ3) is 5.04. The summed E-state index contributed by atoms with van der Waals surface area (Å²) in [7, 11) is 0. The van der Waals surface area contributed by atoms with Gasteiger partial charge in [-0.1, -0.05) is 30.3 Å². The molecule has 0 aliphatic heterocycles. The largest absolute Gasteiger partial charge is 0.484 e. The zero-order chi connectivity index (χ0) is 17.5. The van der Waals surface area contributed by atoms with Crippen LogP contribution in [-0.2, 0) is 4.79 Å². The Balaban J connectivity index is 1.51. The molecule has 0 bridgehead atoms. The third-order valence-corrected chi connectivity index (χ3v) is 3.22. The van der Waals surface area contributed by atoms with Crippen LogP contribution in [0.3, 0.4) is 0 Å². The first-order chi connectivity index (χ1) is 12.2. The van der Waals surface area contributed by atoms with Gasteiger partial charge in [-0.05, 0) is 36.8 Å². The fraction of sp³-hybridized carbons (Fsp3) is 0.105. The van der Waals surface area contributed by atoms with E-state index in [9.17, 15) is 4.79 Å². The fourth-order valence-corrected chi connectivity index (χ4v) is 2.08. The van der Waals surface area contributed by atoms with Gasteiger partial charge in [0.15, 0.2) is 6.61 Å². The number of aryl methyl sites for hydroxylation is 1. The molecule has 1 amide bonds. The van der Waals surface area contributed by atoms with Gasteiger partial charge in [0.25, 0.3) is 5.91 Å². The van der Waals surface area contributed by atoms with Crippen LogP contribution in [0, 0.1) is 6.92 Å². The van der Waals surface area contributed by atoms with E-state index in [0.717, 1.165) is 5.56 Å². The van der Waals surface area contributed by atoms with Crippen molar-refractivity contribution in [1.82, 2.24) is 9.97 Å². The SMILES string of the molecule is Cc1cccc(OCC(=O)Nc2cnc(Oc3ccccc3)nc2)c1. The van der Waals surface area contributed by atoms with E-state index in [0.29, 0.717) is 17.2 Å². The molecule has 3 aromatic rings. The van der Waals surface area contributed by atoms with Crippen LogP contribution in [0.1, 0.15) is 5.56 Å². The summed E-state index contributed by atoms with van der Waals surface area (Å²) in [4.78, 5) is 20.1.